The molecule has 0 bridgehead atoms. The molecule has 5 nitrogen and oxygen atoms in total. The number of likely N-dealkylation sites (N-methyl/N-ethyl adjacent to an activating group) is 1. The van der Waals surface area contributed by atoms with Gasteiger partial charge in [-0.2, -0.15) is 0 Å². The molecule has 1 aliphatic rings. The summed E-state index contributed by atoms with van der Waals surface area (Å²) in [4.78, 5) is 13.7. The topological polar surface area (TPSA) is 80.5 Å². The molecule has 1 fully saturated rings. The molecule has 1 heterocycles. The fourth-order valence-corrected chi connectivity index (χ4v) is 4.25. The number of hydrogen-bond donors (Lipinski definition) is 1. The summed E-state index contributed by atoms with van der Waals surface area (Å²) >= 11 is 0. The molecule has 0 aliphatic carbocycles. The molecule has 21 heavy (non-hydrogen) atoms. The number of nitrogens with two attached hydrogens (primary N) is 1. The van der Waals surface area contributed by atoms with Gasteiger partial charge in [-0.05, 0) is 18.4 Å². The molecule has 1 aromatic rings. The normalized spacial score (nSPS) is 21.3. The number of benzene rings is 1. The lowest BCUT2D eigenvalue weighted by Gasteiger charge is -2.26. The second kappa shape index (κ2) is 7.24. The van der Waals surface area contributed by atoms with E-state index in [1.54, 1.807) is 7.05 Å². The van der Waals surface area contributed by atoms with E-state index in [4.69, 9.17) is 5.73 Å². The van der Waals surface area contributed by atoms with Crippen molar-refractivity contribution in [1.29, 1.82) is 0 Å². The number of hydrogen-bond acceptors (Lipinski definition) is 4. The van der Waals surface area contributed by atoms with Crippen LogP contribution in [0.5, 0.6) is 0 Å². The van der Waals surface area contributed by atoms with Crippen molar-refractivity contribution in [1.82, 2.24) is 4.90 Å². The van der Waals surface area contributed by atoms with Crippen LogP contribution >= 0.6 is 12.4 Å². The second-order valence-corrected chi connectivity index (χ2v) is 7.53. The highest BCUT2D eigenvalue weighted by molar-refractivity contribution is 7.91. The first kappa shape index (κ1) is 17.9. The fourth-order valence-electron chi connectivity index (χ4n) is 2.48. The molecule has 118 valence electrons. The lowest BCUT2D eigenvalue weighted by Crippen LogP contribution is -2.47. The Morgan fingerprint density at radius 3 is 2.52 bits per heavy atom. The molecule has 7 heteroatoms. The number of rotatable bonds is 4. The number of carbonyl (C=O) groups is 1. The molecule has 1 saturated heterocycles. The highest BCUT2D eigenvalue weighted by atomic mass is 35.5. The van der Waals surface area contributed by atoms with Gasteiger partial charge in [0.15, 0.2) is 9.84 Å². The maximum atomic E-state index is 12.3. The predicted molar refractivity (Wildman–Crippen MR) is 85.2 cm³/mol. The molecule has 2 atom stereocenters. The smallest absolute Gasteiger partial charge is 0.239 e. The van der Waals surface area contributed by atoms with Crippen LogP contribution in [0.1, 0.15) is 12.0 Å². The van der Waals surface area contributed by atoms with Crippen LogP contribution in [0.3, 0.4) is 0 Å². The largest absolute Gasteiger partial charge is 0.340 e. The van der Waals surface area contributed by atoms with Crippen LogP contribution in [-0.4, -0.2) is 49.9 Å². The van der Waals surface area contributed by atoms with Gasteiger partial charge >= 0.3 is 0 Å². The van der Waals surface area contributed by atoms with Crippen molar-refractivity contribution in [2.24, 2.45) is 5.73 Å². The van der Waals surface area contributed by atoms with Crippen molar-refractivity contribution in [3.63, 3.8) is 0 Å². The lowest BCUT2D eigenvalue weighted by molar-refractivity contribution is -0.132. The Labute approximate surface area is 131 Å². The maximum Gasteiger partial charge on any atom is 0.239 e. The van der Waals surface area contributed by atoms with Crippen LogP contribution in [0.15, 0.2) is 30.3 Å². The van der Waals surface area contributed by atoms with Crippen LogP contribution < -0.4 is 5.73 Å². The first-order valence-electron chi connectivity index (χ1n) is 6.65. The summed E-state index contributed by atoms with van der Waals surface area (Å²) in [6.07, 6.45) is 0.964. The molecule has 0 spiro atoms. The van der Waals surface area contributed by atoms with Gasteiger partial charge in [0.1, 0.15) is 0 Å². The summed E-state index contributed by atoms with van der Waals surface area (Å²) in [5, 5.41) is 0. The SMILES string of the molecule is CN(C(=O)C(N)Cc1ccccc1)C1CCS(=O)(=O)C1.Cl. The van der Waals surface area contributed by atoms with E-state index in [9.17, 15) is 13.2 Å². The first-order chi connectivity index (χ1) is 9.39. The van der Waals surface area contributed by atoms with E-state index in [2.05, 4.69) is 0 Å². The number of nitrogens with zero attached hydrogens (tertiary/aromatic N) is 1. The summed E-state index contributed by atoms with van der Waals surface area (Å²) in [6, 6.07) is 8.69. The van der Waals surface area contributed by atoms with Gasteiger partial charge in [-0.3, -0.25) is 4.79 Å². The van der Waals surface area contributed by atoms with Crippen molar-refractivity contribution < 1.29 is 13.2 Å². The van der Waals surface area contributed by atoms with Crippen LogP contribution in [0.2, 0.25) is 0 Å². The van der Waals surface area contributed by atoms with Crippen LogP contribution in [-0.2, 0) is 21.1 Å². The number of amides is 1. The molecule has 0 radical (unpaired) electrons. The van der Waals surface area contributed by atoms with Crippen molar-refractivity contribution in [3.05, 3.63) is 35.9 Å². The van der Waals surface area contributed by atoms with Gasteiger partial charge in [0.05, 0.1) is 17.5 Å². The molecule has 0 saturated carbocycles. The average Bonchev–Trinajstić information content (AvgIpc) is 2.78. The molecular formula is C14H21ClN2O3S. The maximum absolute atomic E-state index is 12.3. The van der Waals surface area contributed by atoms with E-state index >= 15 is 0 Å². The summed E-state index contributed by atoms with van der Waals surface area (Å²) in [7, 11) is -1.36. The highest BCUT2D eigenvalue weighted by Crippen LogP contribution is 2.17. The van der Waals surface area contributed by atoms with Crippen molar-refractivity contribution in [2.45, 2.75) is 24.9 Å². The van der Waals surface area contributed by atoms with Crippen molar-refractivity contribution in [3.8, 4) is 0 Å². The van der Waals surface area contributed by atoms with E-state index in [1.807, 2.05) is 30.3 Å². The molecule has 1 amide bonds. The minimum atomic E-state index is -2.99. The Kier molecular flexibility index (Phi) is 6.19. The summed E-state index contributed by atoms with van der Waals surface area (Å²) in [6.45, 7) is 0. The van der Waals surface area contributed by atoms with Gasteiger partial charge in [0.25, 0.3) is 0 Å². The standard InChI is InChI=1S/C14H20N2O3S.ClH/c1-16(12-7-8-20(18,19)10-12)14(17)13(15)9-11-5-3-2-4-6-11;/h2-6,12-13H,7-10,15H2,1H3;1H. The Morgan fingerprint density at radius 2 is 2.00 bits per heavy atom. The Bertz CT molecular complexity index is 577. The quantitative estimate of drug-likeness (QED) is 0.876. The highest BCUT2D eigenvalue weighted by Gasteiger charge is 2.34. The van der Waals surface area contributed by atoms with Crippen LogP contribution in [0.25, 0.3) is 0 Å². The van der Waals surface area contributed by atoms with E-state index < -0.39 is 15.9 Å². The zero-order valence-electron chi connectivity index (χ0n) is 11.9. The molecule has 1 aliphatic heterocycles. The van der Waals surface area contributed by atoms with Gasteiger partial charge in [-0.25, -0.2) is 8.42 Å². The Morgan fingerprint density at radius 1 is 1.38 bits per heavy atom. The van der Waals surface area contributed by atoms with Gasteiger partial charge in [0, 0.05) is 13.1 Å². The Balaban J connectivity index is 0.00000220. The molecule has 0 aromatic heterocycles. The van der Waals surface area contributed by atoms with Crippen molar-refractivity contribution in [2.75, 3.05) is 18.6 Å². The fraction of sp³-hybridized carbons (Fsp3) is 0.500. The summed E-state index contributed by atoms with van der Waals surface area (Å²) in [5.74, 6) is 0.00668. The summed E-state index contributed by atoms with van der Waals surface area (Å²) < 4.78 is 22.9. The number of sulfone groups is 1. The lowest BCUT2D eigenvalue weighted by atomic mass is 10.0. The number of halogens is 1. The predicted octanol–water partition coefficient (Wildman–Crippen LogP) is 0.624. The molecule has 2 unspecified atom stereocenters. The zero-order valence-corrected chi connectivity index (χ0v) is 13.6. The van der Waals surface area contributed by atoms with Crippen molar-refractivity contribution >= 4 is 28.2 Å². The Hall–Kier alpha value is -1.11. The zero-order chi connectivity index (χ0) is 14.8. The van der Waals surface area contributed by atoms with E-state index in [-0.39, 0.29) is 35.9 Å². The third-order valence-electron chi connectivity index (χ3n) is 3.72. The minimum Gasteiger partial charge on any atom is -0.340 e. The first-order valence-corrected chi connectivity index (χ1v) is 8.48. The van der Waals surface area contributed by atoms with Crippen LogP contribution in [0.4, 0.5) is 0 Å². The summed E-state index contributed by atoms with van der Waals surface area (Å²) in [5.41, 5.74) is 6.95. The second-order valence-electron chi connectivity index (χ2n) is 5.30. The van der Waals surface area contributed by atoms with Crippen LogP contribution in [0, 0.1) is 0 Å². The minimum absolute atomic E-state index is 0. The molecule has 2 N–H and O–H groups in total. The van der Waals surface area contributed by atoms with Gasteiger partial charge < -0.3 is 10.6 Å². The van der Waals surface area contributed by atoms with Gasteiger partial charge in [-0.1, -0.05) is 30.3 Å². The third-order valence-corrected chi connectivity index (χ3v) is 5.47. The number of carbonyl (C=O) groups excluding carboxylic acids is 1. The monoisotopic (exact) mass is 332 g/mol. The van der Waals surface area contributed by atoms with E-state index in [0.717, 1.165) is 5.56 Å². The third kappa shape index (κ3) is 4.69. The van der Waals surface area contributed by atoms with Gasteiger partial charge in [0.2, 0.25) is 5.91 Å². The average molecular weight is 333 g/mol. The van der Waals surface area contributed by atoms with E-state index in [0.29, 0.717) is 12.8 Å². The molecular weight excluding hydrogens is 312 g/mol. The van der Waals surface area contributed by atoms with E-state index in [1.165, 1.54) is 4.90 Å². The molecule has 2 rings (SSSR count). The molecule has 1 aromatic carbocycles. The van der Waals surface area contributed by atoms with Gasteiger partial charge in [-0.15, -0.1) is 12.4 Å².